The molecule has 1 aliphatic rings. The zero-order valence-corrected chi connectivity index (χ0v) is 9.04. The van der Waals surface area contributed by atoms with Crippen LogP contribution in [0.4, 0.5) is 14.5 Å². The highest BCUT2D eigenvalue weighted by molar-refractivity contribution is 5.80. The van der Waals surface area contributed by atoms with Crippen molar-refractivity contribution in [3.63, 3.8) is 0 Å². The molecule has 1 fully saturated rings. The summed E-state index contributed by atoms with van der Waals surface area (Å²) in [6.07, 6.45) is 1.36. The van der Waals surface area contributed by atoms with E-state index < -0.39 is 11.6 Å². The summed E-state index contributed by atoms with van der Waals surface area (Å²) in [7, 11) is 0. The van der Waals surface area contributed by atoms with Crippen molar-refractivity contribution in [3.8, 4) is 0 Å². The van der Waals surface area contributed by atoms with Crippen molar-refractivity contribution < 1.29 is 13.5 Å². The first-order valence-electron chi connectivity index (χ1n) is 5.41. The van der Waals surface area contributed by atoms with E-state index in [1.807, 2.05) is 0 Å². The predicted octanol–water partition coefficient (Wildman–Crippen LogP) is 1.68. The molecular weight excluding hydrogens is 228 g/mol. The molecular formula is C11H11F2N3O. The quantitative estimate of drug-likeness (QED) is 0.823. The van der Waals surface area contributed by atoms with Gasteiger partial charge in [-0.25, -0.2) is 13.8 Å². The van der Waals surface area contributed by atoms with Crippen molar-refractivity contribution in [1.82, 2.24) is 9.97 Å². The molecule has 2 heterocycles. The average Bonchev–Trinajstić information content (AvgIpc) is 2.83. The first kappa shape index (κ1) is 10.5. The SMILES string of the molecule is Fc1c(N2CCOCC2)cc2[nH]cnc2c1F. The molecule has 0 spiro atoms. The smallest absolute Gasteiger partial charge is 0.188 e. The minimum absolute atomic E-state index is 0.0412. The van der Waals surface area contributed by atoms with Crippen LogP contribution in [0.5, 0.6) is 0 Å². The number of nitrogens with one attached hydrogen (secondary N) is 1. The van der Waals surface area contributed by atoms with Crippen molar-refractivity contribution >= 4 is 16.7 Å². The summed E-state index contributed by atoms with van der Waals surface area (Å²) < 4.78 is 32.8. The maximum absolute atomic E-state index is 13.9. The first-order chi connectivity index (χ1) is 8.27. The lowest BCUT2D eigenvalue weighted by atomic mass is 10.2. The molecule has 6 heteroatoms. The molecule has 2 aromatic rings. The topological polar surface area (TPSA) is 41.1 Å². The van der Waals surface area contributed by atoms with E-state index in [0.717, 1.165) is 0 Å². The molecule has 0 aliphatic carbocycles. The van der Waals surface area contributed by atoms with E-state index in [-0.39, 0.29) is 11.2 Å². The number of halogens is 2. The zero-order chi connectivity index (χ0) is 11.8. The van der Waals surface area contributed by atoms with Gasteiger partial charge in [0.15, 0.2) is 11.6 Å². The monoisotopic (exact) mass is 239 g/mol. The summed E-state index contributed by atoms with van der Waals surface area (Å²) >= 11 is 0. The van der Waals surface area contributed by atoms with Gasteiger partial charge in [0.05, 0.1) is 30.7 Å². The van der Waals surface area contributed by atoms with Crippen molar-refractivity contribution in [3.05, 3.63) is 24.0 Å². The molecule has 0 bridgehead atoms. The Hall–Kier alpha value is -1.69. The van der Waals surface area contributed by atoms with Crippen LogP contribution in [0.3, 0.4) is 0 Å². The Morgan fingerprint density at radius 1 is 1.24 bits per heavy atom. The number of hydrogen-bond acceptors (Lipinski definition) is 3. The number of H-pyrrole nitrogens is 1. The van der Waals surface area contributed by atoms with E-state index in [9.17, 15) is 8.78 Å². The molecule has 4 nitrogen and oxygen atoms in total. The molecule has 1 aromatic heterocycles. The molecule has 0 saturated carbocycles. The van der Waals surface area contributed by atoms with E-state index in [1.54, 1.807) is 11.0 Å². The van der Waals surface area contributed by atoms with Crippen LogP contribution in [-0.2, 0) is 4.74 Å². The summed E-state index contributed by atoms with van der Waals surface area (Å²) in [4.78, 5) is 8.32. The Balaban J connectivity index is 2.11. The second-order valence-corrected chi connectivity index (χ2v) is 3.92. The standard InChI is InChI=1S/C11H11F2N3O/c12-9-8(16-1-3-17-4-2-16)5-7-11(10(9)13)15-6-14-7/h5-6H,1-4H2,(H,14,15). The first-order valence-corrected chi connectivity index (χ1v) is 5.41. The number of anilines is 1. The molecule has 3 rings (SSSR count). The number of nitrogens with zero attached hydrogens (tertiary/aromatic N) is 2. The van der Waals surface area contributed by atoms with Crippen LogP contribution in [0.25, 0.3) is 11.0 Å². The van der Waals surface area contributed by atoms with Crippen LogP contribution < -0.4 is 4.90 Å². The molecule has 0 atom stereocenters. The molecule has 1 N–H and O–H groups in total. The van der Waals surface area contributed by atoms with E-state index in [4.69, 9.17) is 4.74 Å². The third-order valence-electron chi connectivity index (χ3n) is 2.93. The van der Waals surface area contributed by atoms with Gasteiger partial charge in [0.1, 0.15) is 5.52 Å². The number of fused-ring (bicyclic) bond motifs is 1. The van der Waals surface area contributed by atoms with Crippen LogP contribution in [0.1, 0.15) is 0 Å². The zero-order valence-electron chi connectivity index (χ0n) is 9.04. The Kier molecular flexibility index (Phi) is 2.44. The number of aromatic amines is 1. The van der Waals surface area contributed by atoms with Gasteiger partial charge in [-0.1, -0.05) is 0 Å². The number of rotatable bonds is 1. The minimum atomic E-state index is -0.898. The van der Waals surface area contributed by atoms with E-state index in [1.165, 1.54) is 6.33 Å². The predicted molar refractivity (Wildman–Crippen MR) is 59.0 cm³/mol. The van der Waals surface area contributed by atoms with Gasteiger partial charge in [0.25, 0.3) is 0 Å². The van der Waals surface area contributed by atoms with Gasteiger partial charge in [-0.05, 0) is 6.07 Å². The maximum atomic E-state index is 13.9. The van der Waals surface area contributed by atoms with Gasteiger partial charge in [0.2, 0.25) is 0 Å². The van der Waals surface area contributed by atoms with Crippen LogP contribution in [0.15, 0.2) is 12.4 Å². The lowest BCUT2D eigenvalue weighted by molar-refractivity contribution is 0.122. The largest absolute Gasteiger partial charge is 0.378 e. The number of benzene rings is 1. The van der Waals surface area contributed by atoms with E-state index >= 15 is 0 Å². The van der Waals surface area contributed by atoms with Crippen LogP contribution in [0.2, 0.25) is 0 Å². The highest BCUT2D eigenvalue weighted by Crippen LogP contribution is 2.28. The van der Waals surface area contributed by atoms with Crippen molar-refractivity contribution in [1.29, 1.82) is 0 Å². The minimum Gasteiger partial charge on any atom is -0.378 e. The number of hydrogen-bond donors (Lipinski definition) is 1. The van der Waals surface area contributed by atoms with Gasteiger partial charge in [-0.3, -0.25) is 0 Å². The van der Waals surface area contributed by atoms with Gasteiger partial charge in [-0.15, -0.1) is 0 Å². The van der Waals surface area contributed by atoms with E-state index in [0.29, 0.717) is 31.8 Å². The summed E-state index contributed by atoms with van der Waals surface area (Å²) in [5, 5.41) is 0. The number of ether oxygens (including phenoxy) is 1. The summed E-state index contributed by atoms with van der Waals surface area (Å²) in [5.74, 6) is -1.74. The highest BCUT2D eigenvalue weighted by atomic mass is 19.2. The molecule has 0 amide bonds. The fourth-order valence-electron chi connectivity index (χ4n) is 2.04. The Morgan fingerprint density at radius 2 is 2.00 bits per heavy atom. The summed E-state index contributed by atoms with van der Waals surface area (Å²) in [6.45, 7) is 2.19. The molecule has 90 valence electrons. The molecule has 1 aromatic carbocycles. The number of morpholine rings is 1. The van der Waals surface area contributed by atoms with Crippen LogP contribution >= 0.6 is 0 Å². The normalized spacial score (nSPS) is 16.7. The second kappa shape index (κ2) is 3.96. The van der Waals surface area contributed by atoms with Gasteiger partial charge >= 0.3 is 0 Å². The molecule has 1 saturated heterocycles. The maximum Gasteiger partial charge on any atom is 0.188 e. The van der Waals surface area contributed by atoms with Gasteiger partial charge in [0, 0.05) is 13.1 Å². The lowest BCUT2D eigenvalue weighted by Gasteiger charge is -2.29. The highest BCUT2D eigenvalue weighted by Gasteiger charge is 2.21. The molecule has 17 heavy (non-hydrogen) atoms. The number of imidazole rings is 1. The van der Waals surface area contributed by atoms with Gasteiger partial charge < -0.3 is 14.6 Å². The van der Waals surface area contributed by atoms with Crippen LogP contribution in [-0.4, -0.2) is 36.3 Å². The molecule has 0 radical (unpaired) electrons. The van der Waals surface area contributed by atoms with Crippen molar-refractivity contribution in [2.75, 3.05) is 31.2 Å². The Morgan fingerprint density at radius 3 is 2.76 bits per heavy atom. The van der Waals surface area contributed by atoms with Crippen molar-refractivity contribution in [2.24, 2.45) is 0 Å². The van der Waals surface area contributed by atoms with Gasteiger partial charge in [-0.2, -0.15) is 0 Å². The van der Waals surface area contributed by atoms with Crippen molar-refractivity contribution in [2.45, 2.75) is 0 Å². The molecule has 1 aliphatic heterocycles. The third-order valence-corrected chi connectivity index (χ3v) is 2.93. The second-order valence-electron chi connectivity index (χ2n) is 3.92. The lowest BCUT2D eigenvalue weighted by Crippen LogP contribution is -2.36. The third kappa shape index (κ3) is 1.64. The van der Waals surface area contributed by atoms with E-state index in [2.05, 4.69) is 9.97 Å². The Bertz CT molecular complexity index is 549. The fraction of sp³-hybridized carbons (Fsp3) is 0.364. The summed E-state index contributed by atoms with van der Waals surface area (Å²) in [6, 6.07) is 1.59. The summed E-state index contributed by atoms with van der Waals surface area (Å²) in [5.41, 5.74) is 0.812. The Labute approximate surface area is 96.2 Å². The average molecular weight is 239 g/mol. The fourth-order valence-corrected chi connectivity index (χ4v) is 2.04. The molecule has 0 unspecified atom stereocenters. The van der Waals surface area contributed by atoms with Crippen LogP contribution in [0, 0.1) is 11.6 Å². The number of aromatic nitrogens is 2.